The van der Waals surface area contributed by atoms with Gasteiger partial charge in [-0.3, -0.25) is 4.79 Å². The molecule has 0 bridgehead atoms. The van der Waals surface area contributed by atoms with E-state index in [1.165, 1.54) is 6.33 Å². The molecule has 0 aliphatic heterocycles. The zero-order valence-electron chi connectivity index (χ0n) is 11.2. The largest absolute Gasteiger partial charge is 0.348 e. The summed E-state index contributed by atoms with van der Waals surface area (Å²) >= 11 is 0. The number of nitrogens with one attached hydrogen (secondary N) is 2. The van der Waals surface area contributed by atoms with Gasteiger partial charge in [-0.05, 0) is 37.1 Å². The fourth-order valence-electron chi connectivity index (χ4n) is 1.81. The van der Waals surface area contributed by atoms with Crippen molar-refractivity contribution in [2.24, 2.45) is 0 Å². The third kappa shape index (κ3) is 3.34. The Hall–Kier alpha value is -2.94. The zero-order valence-corrected chi connectivity index (χ0v) is 11.2. The van der Waals surface area contributed by atoms with E-state index in [2.05, 4.69) is 26.7 Å². The van der Waals surface area contributed by atoms with E-state index in [-0.39, 0.29) is 5.91 Å². The van der Waals surface area contributed by atoms with Gasteiger partial charge in [-0.2, -0.15) is 5.26 Å². The summed E-state index contributed by atoms with van der Waals surface area (Å²) in [5, 5.41) is 14.7. The molecule has 1 aromatic carbocycles. The predicted molar refractivity (Wildman–Crippen MR) is 77.0 cm³/mol. The van der Waals surface area contributed by atoms with E-state index in [0.29, 0.717) is 23.1 Å². The molecule has 0 unspecified atom stereocenters. The maximum Gasteiger partial charge on any atom is 0.270 e. The standard InChI is InChI=1S/C15H13N5O/c16-8-10-1-3-11(4-2-10)19-14-7-13(17-9-18-14)15(21)20-12-5-6-12/h1-4,7,9,12H,5-6H2,(H,20,21)(H,17,18,19). The van der Waals surface area contributed by atoms with Gasteiger partial charge in [0.25, 0.3) is 5.91 Å². The van der Waals surface area contributed by atoms with Crippen LogP contribution in [0.25, 0.3) is 0 Å². The van der Waals surface area contributed by atoms with E-state index >= 15 is 0 Å². The molecule has 21 heavy (non-hydrogen) atoms. The number of anilines is 2. The fraction of sp³-hybridized carbons (Fsp3) is 0.200. The highest BCUT2D eigenvalue weighted by Gasteiger charge is 2.24. The molecule has 0 spiro atoms. The van der Waals surface area contributed by atoms with Gasteiger partial charge in [0, 0.05) is 17.8 Å². The maximum absolute atomic E-state index is 11.9. The Labute approximate surface area is 121 Å². The SMILES string of the molecule is N#Cc1ccc(Nc2cc(C(=O)NC3CC3)ncn2)cc1. The molecule has 0 radical (unpaired) electrons. The van der Waals surface area contributed by atoms with E-state index < -0.39 is 0 Å². The topological polar surface area (TPSA) is 90.7 Å². The van der Waals surface area contributed by atoms with Gasteiger partial charge in [-0.1, -0.05) is 0 Å². The molecule has 2 aromatic rings. The highest BCUT2D eigenvalue weighted by atomic mass is 16.2. The molecule has 0 atom stereocenters. The van der Waals surface area contributed by atoms with Crippen LogP contribution in [0.3, 0.4) is 0 Å². The average Bonchev–Trinajstić information content (AvgIpc) is 3.32. The molecule has 1 amide bonds. The van der Waals surface area contributed by atoms with Crippen LogP contribution in [0.4, 0.5) is 11.5 Å². The number of amides is 1. The van der Waals surface area contributed by atoms with E-state index in [0.717, 1.165) is 18.5 Å². The number of hydrogen-bond donors (Lipinski definition) is 2. The number of nitriles is 1. The Morgan fingerprint density at radius 1 is 1.24 bits per heavy atom. The van der Waals surface area contributed by atoms with Crippen molar-refractivity contribution in [2.45, 2.75) is 18.9 Å². The van der Waals surface area contributed by atoms with Crippen LogP contribution >= 0.6 is 0 Å². The van der Waals surface area contributed by atoms with Crippen molar-refractivity contribution < 1.29 is 4.79 Å². The van der Waals surface area contributed by atoms with Crippen LogP contribution in [0.2, 0.25) is 0 Å². The van der Waals surface area contributed by atoms with Crippen molar-refractivity contribution in [3.8, 4) is 6.07 Å². The molecular formula is C15H13N5O. The van der Waals surface area contributed by atoms with Crippen molar-refractivity contribution >= 4 is 17.4 Å². The molecule has 1 aliphatic carbocycles. The quantitative estimate of drug-likeness (QED) is 0.893. The summed E-state index contributed by atoms with van der Waals surface area (Å²) in [6, 6.07) is 11.0. The first-order valence-corrected chi connectivity index (χ1v) is 6.65. The number of benzene rings is 1. The van der Waals surface area contributed by atoms with Crippen molar-refractivity contribution in [1.29, 1.82) is 5.26 Å². The second kappa shape index (κ2) is 5.59. The lowest BCUT2D eigenvalue weighted by Crippen LogP contribution is -2.26. The highest BCUT2D eigenvalue weighted by molar-refractivity contribution is 5.93. The van der Waals surface area contributed by atoms with E-state index in [9.17, 15) is 4.79 Å². The Bertz CT molecular complexity index is 701. The molecule has 1 fully saturated rings. The molecule has 104 valence electrons. The smallest absolute Gasteiger partial charge is 0.270 e. The first-order valence-electron chi connectivity index (χ1n) is 6.65. The molecule has 1 aromatic heterocycles. The van der Waals surface area contributed by atoms with Gasteiger partial charge in [0.2, 0.25) is 0 Å². The van der Waals surface area contributed by atoms with Gasteiger partial charge in [-0.25, -0.2) is 9.97 Å². The number of rotatable bonds is 4. The molecule has 2 N–H and O–H groups in total. The molecule has 1 aliphatic rings. The fourth-order valence-corrected chi connectivity index (χ4v) is 1.81. The lowest BCUT2D eigenvalue weighted by atomic mass is 10.2. The number of carbonyl (C=O) groups is 1. The monoisotopic (exact) mass is 279 g/mol. The average molecular weight is 279 g/mol. The Balaban J connectivity index is 1.72. The zero-order chi connectivity index (χ0) is 14.7. The van der Waals surface area contributed by atoms with Crippen LogP contribution in [0.15, 0.2) is 36.7 Å². The van der Waals surface area contributed by atoms with Gasteiger partial charge >= 0.3 is 0 Å². The molecule has 1 saturated carbocycles. The van der Waals surface area contributed by atoms with Crippen molar-refractivity contribution in [3.63, 3.8) is 0 Å². The van der Waals surface area contributed by atoms with Gasteiger partial charge in [-0.15, -0.1) is 0 Å². The van der Waals surface area contributed by atoms with Gasteiger partial charge < -0.3 is 10.6 Å². The first-order chi connectivity index (χ1) is 10.2. The van der Waals surface area contributed by atoms with E-state index in [1.54, 1.807) is 30.3 Å². The Kier molecular flexibility index (Phi) is 3.48. The van der Waals surface area contributed by atoms with Crippen LogP contribution in [0.1, 0.15) is 28.9 Å². The van der Waals surface area contributed by atoms with Gasteiger partial charge in [0.15, 0.2) is 0 Å². The number of carbonyl (C=O) groups excluding carboxylic acids is 1. The summed E-state index contributed by atoms with van der Waals surface area (Å²) in [7, 11) is 0. The second-order valence-electron chi connectivity index (χ2n) is 4.85. The Morgan fingerprint density at radius 2 is 2.00 bits per heavy atom. The van der Waals surface area contributed by atoms with Crippen molar-refractivity contribution in [3.05, 3.63) is 47.9 Å². The van der Waals surface area contributed by atoms with Crippen LogP contribution < -0.4 is 10.6 Å². The molecule has 6 nitrogen and oxygen atoms in total. The predicted octanol–water partition coefficient (Wildman–Crippen LogP) is 1.98. The third-order valence-electron chi connectivity index (χ3n) is 3.10. The minimum absolute atomic E-state index is 0.178. The first kappa shape index (κ1) is 13.1. The minimum atomic E-state index is -0.178. The normalized spacial score (nSPS) is 13.3. The summed E-state index contributed by atoms with van der Waals surface area (Å²) in [6.07, 6.45) is 3.42. The van der Waals surface area contributed by atoms with Gasteiger partial charge in [0.05, 0.1) is 11.6 Å². The number of hydrogen-bond acceptors (Lipinski definition) is 5. The van der Waals surface area contributed by atoms with Crippen LogP contribution in [0.5, 0.6) is 0 Å². The summed E-state index contributed by atoms with van der Waals surface area (Å²) in [5.41, 5.74) is 1.72. The molecular weight excluding hydrogens is 266 g/mol. The van der Waals surface area contributed by atoms with Crippen LogP contribution in [0, 0.1) is 11.3 Å². The number of nitrogens with zero attached hydrogens (tertiary/aromatic N) is 3. The molecule has 0 saturated heterocycles. The van der Waals surface area contributed by atoms with Crippen LogP contribution in [-0.4, -0.2) is 21.9 Å². The highest BCUT2D eigenvalue weighted by Crippen LogP contribution is 2.20. The van der Waals surface area contributed by atoms with E-state index in [4.69, 9.17) is 5.26 Å². The maximum atomic E-state index is 11.9. The lowest BCUT2D eigenvalue weighted by molar-refractivity contribution is 0.0946. The minimum Gasteiger partial charge on any atom is -0.348 e. The summed E-state index contributed by atoms with van der Waals surface area (Å²) in [5.74, 6) is 0.360. The molecule has 3 rings (SSSR count). The summed E-state index contributed by atoms with van der Waals surface area (Å²) < 4.78 is 0. The van der Waals surface area contributed by atoms with Gasteiger partial charge in [0.1, 0.15) is 17.8 Å². The number of aromatic nitrogens is 2. The summed E-state index contributed by atoms with van der Waals surface area (Å²) in [6.45, 7) is 0. The van der Waals surface area contributed by atoms with E-state index in [1.807, 2.05) is 0 Å². The van der Waals surface area contributed by atoms with Crippen LogP contribution in [-0.2, 0) is 0 Å². The second-order valence-corrected chi connectivity index (χ2v) is 4.85. The molecule has 1 heterocycles. The van der Waals surface area contributed by atoms with Crippen molar-refractivity contribution in [1.82, 2.24) is 15.3 Å². The molecule has 6 heteroatoms. The third-order valence-corrected chi connectivity index (χ3v) is 3.10. The summed E-state index contributed by atoms with van der Waals surface area (Å²) in [4.78, 5) is 20.0. The lowest BCUT2D eigenvalue weighted by Gasteiger charge is -2.07. The Morgan fingerprint density at radius 3 is 2.67 bits per heavy atom. The van der Waals surface area contributed by atoms with Crippen molar-refractivity contribution in [2.75, 3.05) is 5.32 Å².